The maximum atomic E-state index is 12.8. The molecule has 7 nitrogen and oxygen atoms in total. The zero-order valence-electron chi connectivity index (χ0n) is 13.2. The van der Waals surface area contributed by atoms with Gasteiger partial charge in [-0.05, 0) is 31.2 Å². The van der Waals surface area contributed by atoms with Gasteiger partial charge in [0.1, 0.15) is 6.04 Å². The minimum Gasteiger partial charge on any atom is -0.352 e. The largest absolute Gasteiger partial charge is 0.352 e. The minimum absolute atomic E-state index is 0.0397. The normalized spacial score (nSPS) is 19.4. The van der Waals surface area contributed by atoms with Gasteiger partial charge in [0, 0.05) is 18.9 Å². The monoisotopic (exact) mass is 307 g/mol. The summed E-state index contributed by atoms with van der Waals surface area (Å²) in [6.45, 7) is 5.45. The van der Waals surface area contributed by atoms with Gasteiger partial charge in [-0.15, -0.1) is 0 Å². The second kappa shape index (κ2) is 7.29. The van der Waals surface area contributed by atoms with Crippen molar-refractivity contribution in [3.8, 4) is 0 Å². The number of aromatic nitrogens is 2. The highest BCUT2D eigenvalue weighted by atomic mass is 16.2. The highest BCUT2D eigenvalue weighted by molar-refractivity contribution is 5.87. The molecule has 1 fully saturated rings. The molecule has 1 aromatic rings. The Morgan fingerprint density at radius 2 is 2.23 bits per heavy atom. The zero-order valence-corrected chi connectivity index (χ0v) is 13.2. The second-order valence-electron chi connectivity index (χ2n) is 6.25. The SMILES string of the molecule is CC(C)C[C@@H](NC(N)=O)C(=O)N1CCC[C@@H]1Cn1cccn1. The lowest BCUT2D eigenvalue weighted by molar-refractivity contribution is -0.134. The molecule has 7 heteroatoms. The third-order valence-electron chi connectivity index (χ3n) is 3.94. The summed E-state index contributed by atoms with van der Waals surface area (Å²) < 4.78 is 1.84. The van der Waals surface area contributed by atoms with Crippen molar-refractivity contribution in [1.29, 1.82) is 0 Å². The number of hydrogen-bond donors (Lipinski definition) is 2. The average Bonchev–Trinajstić information content (AvgIpc) is 3.08. The number of hydrogen-bond acceptors (Lipinski definition) is 3. The van der Waals surface area contributed by atoms with Crippen LogP contribution in [0.5, 0.6) is 0 Å². The Balaban J connectivity index is 2.05. The molecule has 0 aliphatic carbocycles. The number of nitrogens with one attached hydrogen (secondary N) is 1. The van der Waals surface area contributed by atoms with E-state index in [1.807, 2.05) is 35.7 Å². The summed E-state index contributed by atoms with van der Waals surface area (Å²) in [5.74, 6) is 0.259. The lowest BCUT2D eigenvalue weighted by Gasteiger charge is -2.29. The molecule has 1 aliphatic rings. The molecule has 3 amide bonds. The van der Waals surface area contributed by atoms with Crippen LogP contribution >= 0.6 is 0 Å². The van der Waals surface area contributed by atoms with E-state index in [0.717, 1.165) is 19.4 Å². The number of likely N-dealkylation sites (tertiary alicyclic amines) is 1. The van der Waals surface area contributed by atoms with Gasteiger partial charge >= 0.3 is 6.03 Å². The molecule has 122 valence electrons. The first-order valence-electron chi connectivity index (χ1n) is 7.81. The molecule has 1 aromatic heterocycles. The van der Waals surface area contributed by atoms with Gasteiger partial charge in [-0.1, -0.05) is 13.8 Å². The molecule has 0 saturated carbocycles. The molecule has 0 bridgehead atoms. The van der Waals surface area contributed by atoms with Gasteiger partial charge in [-0.3, -0.25) is 9.48 Å². The quantitative estimate of drug-likeness (QED) is 0.819. The van der Waals surface area contributed by atoms with E-state index in [2.05, 4.69) is 10.4 Å². The predicted molar refractivity (Wildman–Crippen MR) is 82.9 cm³/mol. The molecule has 1 aliphatic heterocycles. The summed E-state index contributed by atoms with van der Waals surface area (Å²) in [6.07, 6.45) is 6.15. The Kier molecular flexibility index (Phi) is 5.41. The van der Waals surface area contributed by atoms with Gasteiger partial charge in [0.05, 0.1) is 12.6 Å². The smallest absolute Gasteiger partial charge is 0.312 e. The number of amides is 3. The van der Waals surface area contributed by atoms with Crippen molar-refractivity contribution >= 4 is 11.9 Å². The van der Waals surface area contributed by atoms with Crippen LogP contribution in [0.1, 0.15) is 33.1 Å². The first kappa shape index (κ1) is 16.3. The van der Waals surface area contributed by atoms with Crippen LogP contribution in [0.4, 0.5) is 4.79 Å². The summed E-state index contributed by atoms with van der Waals surface area (Å²) >= 11 is 0. The van der Waals surface area contributed by atoms with E-state index in [0.29, 0.717) is 18.9 Å². The van der Waals surface area contributed by atoms with Crippen molar-refractivity contribution in [3.05, 3.63) is 18.5 Å². The molecule has 0 spiro atoms. The van der Waals surface area contributed by atoms with Gasteiger partial charge in [0.25, 0.3) is 0 Å². The van der Waals surface area contributed by atoms with Crippen LogP contribution in [0.25, 0.3) is 0 Å². The van der Waals surface area contributed by atoms with Crippen molar-refractivity contribution in [1.82, 2.24) is 20.0 Å². The molecule has 1 saturated heterocycles. The molecule has 2 atom stereocenters. The fourth-order valence-corrected chi connectivity index (χ4v) is 3.00. The summed E-state index contributed by atoms with van der Waals surface area (Å²) in [7, 11) is 0. The Hall–Kier alpha value is -2.05. The Morgan fingerprint density at radius 3 is 2.82 bits per heavy atom. The van der Waals surface area contributed by atoms with Gasteiger partial charge in [-0.25, -0.2) is 4.79 Å². The van der Waals surface area contributed by atoms with Crippen molar-refractivity contribution in [3.63, 3.8) is 0 Å². The van der Waals surface area contributed by atoms with Gasteiger partial charge in [0.15, 0.2) is 0 Å². The molecule has 22 heavy (non-hydrogen) atoms. The molecule has 2 rings (SSSR count). The van der Waals surface area contributed by atoms with E-state index in [1.165, 1.54) is 0 Å². The maximum absolute atomic E-state index is 12.8. The summed E-state index contributed by atoms with van der Waals surface area (Å²) in [5.41, 5.74) is 5.21. The van der Waals surface area contributed by atoms with E-state index < -0.39 is 12.1 Å². The molecule has 2 heterocycles. The third-order valence-corrected chi connectivity index (χ3v) is 3.94. The number of nitrogens with zero attached hydrogens (tertiary/aromatic N) is 3. The molecule has 0 radical (unpaired) electrons. The topological polar surface area (TPSA) is 93.2 Å². The Morgan fingerprint density at radius 1 is 1.45 bits per heavy atom. The molecule has 0 aromatic carbocycles. The molecular formula is C15H25N5O2. The lowest BCUT2D eigenvalue weighted by Crippen LogP contribution is -2.52. The van der Waals surface area contributed by atoms with Crippen LogP contribution in [0.3, 0.4) is 0 Å². The van der Waals surface area contributed by atoms with Crippen LogP contribution in [-0.2, 0) is 11.3 Å². The highest BCUT2D eigenvalue weighted by Gasteiger charge is 2.34. The fraction of sp³-hybridized carbons (Fsp3) is 0.667. The standard InChI is InChI=1S/C15H25N5O2/c1-11(2)9-13(18-15(16)22)14(21)20-8-3-5-12(20)10-19-7-4-6-17-19/h4,6-7,11-13H,3,5,8-10H2,1-2H3,(H3,16,18,22)/t12-,13-/m1/s1. The zero-order chi connectivity index (χ0) is 16.1. The number of rotatable bonds is 6. The summed E-state index contributed by atoms with van der Waals surface area (Å²) in [5, 5.41) is 6.80. The van der Waals surface area contributed by atoms with Crippen LogP contribution in [-0.4, -0.2) is 45.2 Å². The summed E-state index contributed by atoms with van der Waals surface area (Å²) in [4.78, 5) is 25.8. The highest BCUT2D eigenvalue weighted by Crippen LogP contribution is 2.21. The molecule has 3 N–H and O–H groups in total. The van der Waals surface area contributed by atoms with E-state index in [1.54, 1.807) is 6.20 Å². The van der Waals surface area contributed by atoms with Crippen LogP contribution in [0.2, 0.25) is 0 Å². The van der Waals surface area contributed by atoms with Crippen molar-refractivity contribution < 1.29 is 9.59 Å². The average molecular weight is 307 g/mol. The van der Waals surface area contributed by atoms with Crippen LogP contribution in [0, 0.1) is 5.92 Å². The van der Waals surface area contributed by atoms with E-state index >= 15 is 0 Å². The second-order valence-corrected chi connectivity index (χ2v) is 6.25. The van der Waals surface area contributed by atoms with Crippen molar-refractivity contribution in [2.45, 2.75) is 51.7 Å². The molecule has 0 unspecified atom stereocenters. The van der Waals surface area contributed by atoms with Gasteiger partial charge < -0.3 is 16.0 Å². The number of carbonyl (C=O) groups is 2. The fourth-order valence-electron chi connectivity index (χ4n) is 3.00. The van der Waals surface area contributed by atoms with Gasteiger partial charge in [0.2, 0.25) is 5.91 Å². The van der Waals surface area contributed by atoms with E-state index in [4.69, 9.17) is 5.73 Å². The van der Waals surface area contributed by atoms with Crippen LogP contribution in [0.15, 0.2) is 18.5 Å². The number of primary amides is 1. The van der Waals surface area contributed by atoms with Crippen LogP contribution < -0.4 is 11.1 Å². The Labute approximate surface area is 130 Å². The van der Waals surface area contributed by atoms with E-state index in [-0.39, 0.29) is 11.9 Å². The van der Waals surface area contributed by atoms with Crippen molar-refractivity contribution in [2.75, 3.05) is 6.54 Å². The Bertz CT molecular complexity index is 500. The maximum Gasteiger partial charge on any atom is 0.312 e. The van der Waals surface area contributed by atoms with Gasteiger partial charge in [-0.2, -0.15) is 5.10 Å². The predicted octanol–water partition coefficient (Wildman–Crippen LogP) is 0.957. The first-order valence-corrected chi connectivity index (χ1v) is 7.81. The first-order chi connectivity index (χ1) is 10.5. The lowest BCUT2D eigenvalue weighted by atomic mass is 10.0. The van der Waals surface area contributed by atoms with Crippen molar-refractivity contribution in [2.24, 2.45) is 11.7 Å². The molecular weight excluding hydrogens is 282 g/mol. The van der Waals surface area contributed by atoms with E-state index in [9.17, 15) is 9.59 Å². The number of nitrogens with two attached hydrogens (primary N) is 1. The minimum atomic E-state index is -0.651. The number of urea groups is 1. The number of carbonyl (C=O) groups excluding carboxylic acids is 2. The summed E-state index contributed by atoms with van der Waals surface area (Å²) in [6, 6.07) is 0.798. The third kappa shape index (κ3) is 4.22.